The Morgan fingerprint density at radius 3 is 1.89 bits per heavy atom. The number of para-hydroxylation sites is 1. The van der Waals surface area contributed by atoms with E-state index in [0.29, 0.717) is 17.5 Å². The minimum Gasteiger partial charge on any atom is -0.236 e. The maximum absolute atomic E-state index is 5.21. The molecule has 0 aliphatic carbocycles. The molecule has 4 heterocycles. The first-order valence-electron chi connectivity index (χ1n) is 17.4. The van der Waals surface area contributed by atoms with Gasteiger partial charge in [-0.15, -0.1) is 34.0 Å². The van der Waals surface area contributed by atoms with Crippen LogP contribution in [-0.4, -0.2) is 19.9 Å². The van der Waals surface area contributed by atoms with Gasteiger partial charge in [0, 0.05) is 62.6 Å². The Labute approximate surface area is 316 Å². The van der Waals surface area contributed by atoms with Gasteiger partial charge in [-0.3, -0.25) is 0 Å². The van der Waals surface area contributed by atoms with E-state index >= 15 is 0 Å². The molecule has 0 fully saturated rings. The molecule has 0 spiro atoms. The molecule has 53 heavy (non-hydrogen) atoms. The molecule has 0 amide bonds. The van der Waals surface area contributed by atoms with Crippen LogP contribution in [0.3, 0.4) is 0 Å². The van der Waals surface area contributed by atoms with E-state index in [-0.39, 0.29) is 0 Å². The Morgan fingerprint density at radius 1 is 0.321 bits per heavy atom. The number of aromatic nitrogens is 4. The van der Waals surface area contributed by atoms with E-state index in [0.717, 1.165) is 38.2 Å². The molecule has 0 aliphatic rings. The summed E-state index contributed by atoms with van der Waals surface area (Å²) in [5.74, 6) is 1.99. The molecule has 7 heteroatoms. The summed E-state index contributed by atoms with van der Waals surface area (Å²) < 4.78 is 6.16. The summed E-state index contributed by atoms with van der Waals surface area (Å²) in [7, 11) is 0. The van der Waals surface area contributed by atoms with E-state index in [9.17, 15) is 0 Å². The van der Waals surface area contributed by atoms with Crippen molar-refractivity contribution in [3.63, 3.8) is 0 Å². The maximum atomic E-state index is 5.21. The van der Waals surface area contributed by atoms with Gasteiger partial charge in [0.1, 0.15) is 5.01 Å². The molecule has 248 valence electrons. The number of rotatable bonds is 5. The monoisotopic (exact) mass is 730 g/mol. The predicted octanol–water partition coefficient (Wildman–Crippen LogP) is 13.6. The summed E-state index contributed by atoms with van der Waals surface area (Å²) in [6, 6.07) is 55.7. The zero-order valence-electron chi connectivity index (χ0n) is 28.0. The van der Waals surface area contributed by atoms with Crippen molar-refractivity contribution in [1.29, 1.82) is 0 Å². The van der Waals surface area contributed by atoms with Crippen LogP contribution >= 0.6 is 34.0 Å². The highest BCUT2D eigenvalue weighted by Crippen LogP contribution is 2.42. The predicted molar refractivity (Wildman–Crippen MR) is 226 cm³/mol. The van der Waals surface area contributed by atoms with Crippen LogP contribution in [0.2, 0.25) is 0 Å². The van der Waals surface area contributed by atoms with Crippen molar-refractivity contribution in [2.24, 2.45) is 0 Å². The van der Waals surface area contributed by atoms with Gasteiger partial charge in [0.15, 0.2) is 17.5 Å². The molecule has 7 aromatic carbocycles. The third kappa shape index (κ3) is 5.24. The zero-order chi connectivity index (χ0) is 34.9. The van der Waals surface area contributed by atoms with Crippen LogP contribution in [0.1, 0.15) is 0 Å². The Kier molecular flexibility index (Phi) is 7.05. The SMILES string of the molecule is c1ccc(-c2nc(-c3ccc4sc5ccccc5c4c3)nc(-c3cccc4sc5cc(-c6cccc(-c7nc8ccccc8s7)c6)ccc5c34)n2)cc1. The first-order valence-corrected chi connectivity index (χ1v) is 19.8. The van der Waals surface area contributed by atoms with Gasteiger partial charge < -0.3 is 0 Å². The normalized spacial score (nSPS) is 11.8. The summed E-state index contributed by atoms with van der Waals surface area (Å²) in [5.41, 5.74) is 7.46. The van der Waals surface area contributed by atoms with Gasteiger partial charge in [-0.1, -0.05) is 103 Å². The molecule has 4 nitrogen and oxygen atoms in total. The van der Waals surface area contributed by atoms with Crippen molar-refractivity contribution >= 4 is 84.6 Å². The van der Waals surface area contributed by atoms with E-state index in [2.05, 4.69) is 133 Å². The maximum Gasteiger partial charge on any atom is 0.164 e. The van der Waals surface area contributed by atoms with Crippen molar-refractivity contribution in [2.75, 3.05) is 0 Å². The highest BCUT2D eigenvalue weighted by atomic mass is 32.1. The fourth-order valence-corrected chi connectivity index (χ4v) is 10.4. The van der Waals surface area contributed by atoms with Crippen molar-refractivity contribution in [3.8, 4) is 55.9 Å². The first-order chi connectivity index (χ1) is 26.2. The second-order valence-corrected chi connectivity index (χ2v) is 16.2. The number of thiazole rings is 1. The van der Waals surface area contributed by atoms with E-state index in [1.807, 2.05) is 46.9 Å². The van der Waals surface area contributed by atoms with Crippen LogP contribution in [0, 0.1) is 0 Å². The lowest BCUT2D eigenvalue weighted by molar-refractivity contribution is 1.08. The lowest BCUT2D eigenvalue weighted by atomic mass is 10.00. The Bertz CT molecular complexity index is 3160. The summed E-state index contributed by atoms with van der Waals surface area (Å²) in [6.45, 7) is 0. The molecule has 0 saturated carbocycles. The number of benzene rings is 7. The Balaban J connectivity index is 1.05. The van der Waals surface area contributed by atoms with Crippen molar-refractivity contribution in [1.82, 2.24) is 19.9 Å². The molecular formula is C46H26N4S3. The van der Waals surface area contributed by atoms with Gasteiger partial charge in [-0.25, -0.2) is 19.9 Å². The highest BCUT2D eigenvalue weighted by Gasteiger charge is 2.18. The topological polar surface area (TPSA) is 51.6 Å². The number of hydrogen-bond acceptors (Lipinski definition) is 7. The smallest absolute Gasteiger partial charge is 0.164 e. The molecular weight excluding hydrogens is 705 g/mol. The molecule has 0 bridgehead atoms. The first kappa shape index (κ1) is 30.5. The number of nitrogens with zero attached hydrogens (tertiary/aromatic N) is 4. The van der Waals surface area contributed by atoms with Crippen LogP contribution in [0.15, 0.2) is 158 Å². The molecule has 11 rings (SSSR count). The zero-order valence-corrected chi connectivity index (χ0v) is 30.5. The van der Waals surface area contributed by atoms with Gasteiger partial charge in [0.05, 0.1) is 10.2 Å². The lowest BCUT2D eigenvalue weighted by Crippen LogP contribution is -2.00. The number of hydrogen-bond donors (Lipinski definition) is 0. The standard InChI is InChI=1S/C46H26N4S3/c1-2-10-27(11-3-1)43-48-44(30-21-23-38-35(25-30)32-14-4-6-17-37(32)51-38)50-45(49-43)34-15-9-19-40-42(34)33-22-20-29(26-41(33)52-40)28-12-8-13-31(24-28)46-47-36-16-5-7-18-39(36)53-46/h1-26H. The summed E-state index contributed by atoms with van der Waals surface area (Å²) in [4.78, 5) is 20.3. The highest BCUT2D eigenvalue weighted by molar-refractivity contribution is 7.26. The third-order valence-corrected chi connectivity index (χ3v) is 13.1. The fourth-order valence-electron chi connectivity index (χ4n) is 7.23. The quantitative estimate of drug-likeness (QED) is 0.177. The second-order valence-electron chi connectivity index (χ2n) is 13.0. The molecule has 0 unspecified atom stereocenters. The second kappa shape index (κ2) is 12.2. The minimum atomic E-state index is 0.660. The van der Waals surface area contributed by atoms with Crippen LogP contribution in [-0.2, 0) is 0 Å². The Morgan fingerprint density at radius 2 is 0.981 bits per heavy atom. The molecule has 11 aromatic rings. The summed E-state index contributed by atoms with van der Waals surface area (Å²) in [6.07, 6.45) is 0. The molecule has 0 atom stereocenters. The van der Waals surface area contributed by atoms with Crippen molar-refractivity contribution < 1.29 is 0 Å². The third-order valence-electron chi connectivity index (χ3n) is 9.78. The van der Waals surface area contributed by atoms with Crippen molar-refractivity contribution in [3.05, 3.63) is 158 Å². The van der Waals surface area contributed by atoms with Crippen LogP contribution in [0.5, 0.6) is 0 Å². The van der Waals surface area contributed by atoms with Crippen LogP contribution in [0.4, 0.5) is 0 Å². The van der Waals surface area contributed by atoms with Gasteiger partial charge >= 0.3 is 0 Å². The summed E-state index contributed by atoms with van der Waals surface area (Å²) >= 11 is 5.36. The van der Waals surface area contributed by atoms with Gasteiger partial charge in [0.2, 0.25) is 0 Å². The fraction of sp³-hybridized carbons (Fsp3) is 0. The number of thiophene rings is 2. The van der Waals surface area contributed by atoms with Gasteiger partial charge in [0.25, 0.3) is 0 Å². The molecule has 4 aromatic heterocycles. The van der Waals surface area contributed by atoms with Gasteiger partial charge in [-0.05, 0) is 65.7 Å². The lowest BCUT2D eigenvalue weighted by Gasteiger charge is -2.10. The van der Waals surface area contributed by atoms with E-state index in [1.165, 1.54) is 50.8 Å². The van der Waals surface area contributed by atoms with E-state index in [1.54, 1.807) is 11.3 Å². The van der Waals surface area contributed by atoms with E-state index in [4.69, 9.17) is 19.9 Å². The Hall–Kier alpha value is -6.12. The number of fused-ring (bicyclic) bond motifs is 7. The molecule has 0 radical (unpaired) electrons. The van der Waals surface area contributed by atoms with Crippen LogP contribution in [0.25, 0.3) is 106 Å². The largest absolute Gasteiger partial charge is 0.236 e. The minimum absolute atomic E-state index is 0.660. The average molecular weight is 731 g/mol. The average Bonchev–Trinajstić information content (AvgIpc) is 3.94. The van der Waals surface area contributed by atoms with Crippen molar-refractivity contribution in [2.45, 2.75) is 0 Å². The molecule has 0 aliphatic heterocycles. The summed E-state index contributed by atoms with van der Waals surface area (Å²) in [5, 5.41) is 5.87. The van der Waals surface area contributed by atoms with E-state index < -0.39 is 0 Å². The van der Waals surface area contributed by atoms with Gasteiger partial charge in [-0.2, -0.15) is 0 Å². The molecule has 0 N–H and O–H groups in total. The molecule has 0 saturated heterocycles. The van der Waals surface area contributed by atoms with Crippen LogP contribution < -0.4 is 0 Å².